The van der Waals surface area contributed by atoms with Gasteiger partial charge in [0.05, 0.1) is 0 Å². The van der Waals surface area contributed by atoms with Gasteiger partial charge in [-0.05, 0) is 59.7 Å². The van der Waals surface area contributed by atoms with E-state index in [-0.39, 0.29) is 0 Å². The minimum Gasteiger partial charge on any atom is -0.399 e. The Hall–Kier alpha value is -2.00. The molecule has 18 heavy (non-hydrogen) atoms. The molecule has 3 heteroatoms. The van der Waals surface area contributed by atoms with Gasteiger partial charge in [0, 0.05) is 21.8 Å². The number of benzene rings is 2. The highest BCUT2D eigenvalue weighted by Gasteiger charge is 2.01. The van der Waals surface area contributed by atoms with E-state index in [2.05, 4.69) is 41.9 Å². The highest BCUT2D eigenvalue weighted by Crippen LogP contribution is 2.27. The average molecular weight is 254 g/mol. The minimum atomic E-state index is 0.778. The molecule has 1 heterocycles. The fourth-order valence-electron chi connectivity index (χ4n) is 1.97. The minimum absolute atomic E-state index is 0.778. The van der Waals surface area contributed by atoms with Crippen molar-refractivity contribution in [2.24, 2.45) is 0 Å². The molecule has 0 fully saturated rings. The number of thiophene rings is 1. The van der Waals surface area contributed by atoms with E-state index in [0.29, 0.717) is 0 Å². The summed E-state index contributed by atoms with van der Waals surface area (Å²) >= 11 is 1.76. The van der Waals surface area contributed by atoms with E-state index in [4.69, 9.17) is 5.73 Å². The van der Waals surface area contributed by atoms with E-state index in [1.54, 1.807) is 11.3 Å². The van der Waals surface area contributed by atoms with Crippen LogP contribution in [0.4, 0.5) is 17.1 Å². The van der Waals surface area contributed by atoms with Crippen LogP contribution in [0.2, 0.25) is 0 Å². The molecule has 0 saturated heterocycles. The second-order valence-corrected chi connectivity index (χ2v) is 5.32. The molecule has 0 amide bonds. The summed E-state index contributed by atoms with van der Waals surface area (Å²) in [5, 5.41) is 6.80. The number of rotatable bonds is 2. The number of hydrogen-bond donors (Lipinski definition) is 2. The van der Waals surface area contributed by atoms with Crippen molar-refractivity contribution in [2.45, 2.75) is 6.92 Å². The largest absolute Gasteiger partial charge is 0.399 e. The predicted octanol–water partition coefficient (Wildman–Crippen LogP) is 4.54. The van der Waals surface area contributed by atoms with Gasteiger partial charge in [0.2, 0.25) is 0 Å². The third kappa shape index (κ3) is 2.05. The van der Waals surface area contributed by atoms with E-state index in [0.717, 1.165) is 17.1 Å². The zero-order valence-corrected chi connectivity index (χ0v) is 10.9. The number of nitrogens with two attached hydrogens (primary N) is 1. The summed E-state index contributed by atoms with van der Waals surface area (Å²) in [5.41, 5.74) is 9.94. The Morgan fingerprint density at radius 2 is 1.94 bits per heavy atom. The summed E-state index contributed by atoms with van der Waals surface area (Å²) in [6.45, 7) is 2.07. The van der Waals surface area contributed by atoms with Gasteiger partial charge in [0.1, 0.15) is 0 Å². The Morgan fingerprint density at radius 3 is 2.83 bits per heavy atom. The summed E-state index contributed by atoms with van der Waals surface area (Å²) in [5.74, 6) is 0. The third-order valence-corrected chi connectivity index (χ3v) is 3.89. The Kier molecular flexibility index (Phi) is 2.68. The maximum absolute atomic E-state index is 5.82. The van der Waals surface area contributed by atoms with Gasteiger partial charge in [0.25, 0.3) is 0 Å². The second-order valence-electron chi connectivity index (χ2n) is 4.37. The van der Waals surface area contributed by atoms with Crippen molar-refractivity contribution < 1.29 is 0 Å². The Balaban J connectivity index is 1.97. The number of anilines is 3. The summed E-state index contributed by atoms with van der Waals surface area (Å²) < 4.78 is 1.31. The normalized spacial score (nSPS) is 10.7. The molecular weight excluding hydrogens is 240 g/mol. The summed E-state index contributed by atoms with van der Waals surface area (Å²) in [4.78, 5) is 0. The molecule has 3 N–H and O–H groups in total. The monoisotopic (exact) mass is 254 g/mol. The van der Waals surface area contributed by atoms with Gasteiger partial charge < -0.3 is 11.1 Å². The molecule has 2 aromatic carbocycles. The van der Waals surface area contributed by atoms with Crippen molar-refractivity contribution in [2.75, 3.05) is 11.1 Å². The topological polar surface area (TPSA) is 38.0 Å². The van der Waals surface area contributed by atoms with Gasteiger partial charge >= 0.3 is 0 Å². The SMILES string of the molecule is Cc1ccc(N)cc1Nc1ccc2sccc2c1. The second kappa shape index (κ2) is 4.35. The Labute approximate surface area is 110 Å². The molecule has 1 aromatic heterocycles. The molecule has 0 radical (unpaired) electrons. The van der Waals surface area contributed by atoms with Crippen molar-refractivity contribution in [3.8, 4) is 0 Å². The van der Waals surface area contributed by atoms with Crippen LogP contribution in [0.1, 0.15) is 5.56 Å². The van der Waals surface area contributed by atoms with Crippen LogP contribution < -0.4 is 11.1 Å². The summed E-state index contributed by atoms with van der Waals surface area (Å²) in [6.07, 6.45) is 0. The van der Waals surface area contributed by atoms with Crippen LogP contribution in [0.15, 0.2) is 47.8 Å². The summed E-state index contributed by atoms with van der Waals surface area (Å²) in [6, 6.07) is 14.5. The Bertz CT molecular complexity index is 701. The van der Waals surface area contributed by atoms with Crippen LogP contribution in [-0.2, 0) is 0 Å². The smallest absolute Gasteiger partial charge is 0.0434 e. The molecule has 0 aliphatic rings. The first-order valence-corrected chi connectivity index (χ1v) is 6.71. The van der Waals surface area contributed by atoms with Crippen molar-refractivity contribution >= 4 is 38.5 Å². The molecule has 2 nitrogen and oxygen atoms in total. The zero-order chi connectivity index (χ0) is 12.5. The number of aryl methyl sites for hydroxylation is 1. The highest BCUT2D eigenvalue weighted by molar-refractivity contribution is 7.17. The molecule has 90 valence electrons. The third-order valence-electron chi connectivity index (χ3n) is 2.99. The van der Waals surface area contributed by atoms with Crippen LogP contribution >= 0.6 is 11.3 Å². The standard InChI is InChI=1S/C15H14N2S/c1-10-2-3-12(16)9-14(10)17-13-4-5-15-11(8-13)6-7-18-15/h2-9,17H,16H2,1H3. The predicted molar refractivity (Wildman–Crippen MR) is 80.7 cm³/mol. The number of nitrogens with one attached hydrogen (secondary N) is 1. The van der Waals surface area contributed by atoms with E-state index in [9.17, 15) is 0 Å². The van der Waals surface area contributed by atoms with Gasteiger partial charge in [-0.1, -0.05) is 6.07 Å². The van der Waals surface area contributed by atoms with Crippen molar-refractivity contribution in [3.05, 3.63) is 53.4 Å². The quantitative estimate of drug-likeness (QED) is 0.659. The van der Waals surface area contributed by atoms with Gasteiger partial charge in [-0.2, -0.15) is 0 Å². The van der Waals surface area contributed by atoms with Gasteiger partial charge in [-0.3, -0.25) is 0 Å². The lowest BCUT2D eigenvalue weighted by molar-refractivity contribution is 1.44. The lowest BCUT2D eigenvalue weighted by atomic mass is 10.1. The molecule has 3 rings (SSSR count). The van der Waals surface area contributed by atoms with Crippen LogP contribution in [0.5, 0.6) is 0 Å². The highest BCUT2D eigenvalue weighted by atomic mass is 32.1. The molecule has 0 unspecified atom stereocenters. The fourth-order valence-corrected chi connectivity index (χ4v) is 2.75. The lowest BCUT2D eigenvalue weighted by Crippen LogP contribution is -1.94. The molecule has 3 aromatic rings. The molecule has 0 spiro atoms. The lowest BCUT2D eigenvalue weighted by Gasteiger charge is -2.10. The van der Waals surface area contributed by atoms with Gasteiger partial charge in [-0.15, -0.1) is 11.3 Å². The van der Waals surface area contributed by atoms with Crippen molar-refractivity contribution in [1.82, 2.24) is 0 Å². The van der Waals surface area contributed by atoms with Crippen LogP contribution in [0.25, 0.3) is 10.1 Å². The molecule has 0 aliphatic carbocycles. The van der Waals surface area contributed by atoms with Crippen LogP contribution in [-0.4, -0.2) is 0 Å². The molecule has 0 aliphatic heterocycles. The Morgan fingerprint density at radius 1 is 1.06 bits per heavy atom. The maximum atomic E-state index is 5.82. The summed E-state index contributed by atoms with van der Waals surface area (Å²) in [7, 11) is 0. The molecular formula is C15H14N2S. The van der Waals surface area contributed by atoms with Crippen LogP contribution in [0, 0.1) is 6.92 Å². The first kappa shape index (κ1) is 11.1. The number of nitrogen functional groups attached to an aromatic ring is 1. The average Bonchev–Trinajstić information content (AvgIpc) is 2.81. The number of fused-ring (bicyclic) bond motifs is 1. The van der Waals surface area contributed by atoms with Crippen molar-refractivity contribution in [3.63, 3.8) is 0 Å². The maximum Gasteiger partial charge on any atom is 0.0434 e. The van der Waals surface area contributed by atoms with E-state index in [1.165, 1.54) is 15.6 Å². The van der Waals surface area contributed by atoms with E-state index in [1.807, 2.05) is 18.2 Å². The first-order chi connectivity index (χ1) is 8.72. The van der Waals surface area contributed by atoms with Crippen molar-refractivity contribution in [1.29, 1.82) is 0 Å². The van der Waals surface area contributed by atoms with Gasteiger partial charge in [0.15, 0.2) is 0 Å². The van der Waals surface area contributed by atoms with Crippen LogP contribution in [0.3, 0.4) is 0 Å². The van der Waals surface area contributed by atoms with Gasteiger partial charge in [-0.25, -0.2) is 0 Å². The van der Waals surface area contributed by atoms with E-state index < -0.39 is 0 Å². The number of hydrogen-bond acceptors (Lipinski definition) is 3. The molecule has 0 atom stereocenters. The van der Waals surface area contributed by atoms with E-state index >= 15 is 0 Å². The first-order valence-electron chi connectivity index (χ1n) is 5.83. The molecule has 0 bridgehead atoms. The fraction of sp³-hybridized carbons (Fsp3) is 0.0667. The molecule has 0 saturated carbocycles. The zero-order valence-electron chi connectivity index (χ0n) is 10.1.